The highest BCUT2D eigenvalue weighted by Crippen LogP contribution is 2.39. The van der Waals surface area contributed by atoms with Crippen molar-refractivity contribution in [3.63, 3.8) is 0 Å². The number of hydrogen-bond acceptors (Lipinski definition) is 41. The average Bonchev–Trinajstić information content (AvgIpc) is 0.772. The molecule has 0 radical (unpaired) electrons. The molecule has 0 saturated carbocycles. The van der Waals surface area contributed by atoms with Crippen molar-refractivity contribution in [2.75, 3.05) is 52.9 Å². The third-order valence-corrected chi connectivity index (χ3v) is 18.3. The number of nitrogens with one attached hydrogen (secondary N) is 4. The smallest absolute Gasteiger partial charge is 0.217 e. The summed E-state index contributed by atoms with van der Waals surface area (Å²) in [7, 11) is 0. The molecule has 0 spiro atoms. The summed E-state index contributed by atoms with van der Waals surface area (Å²) in [4.78, 5) is 50.7. The minimum atomic E-state index is -2.37. The normalized spacial score (nSPS) is 48.3. The molecule has 8 rings (SSSR count). The van der Waals surface area contributed by atoms with Crippen LogP contribution >= 0.6 is 0 Å². The molecule has 0 aromatic rings. The van der Waals surface area contributed by atoms with Gasteiger partial charge in [0.1, 0.15) is 195 Å². The van der Waals surface area contributed by atoms with E-state index >= 15 is 0 Å². The van der Waals surface area contributed by atoms with Gasteiger partial charge in [0.2, 0.25) is 23.6 Å². The van der Waals surface area contributed by atoms with Gasteiger partial charge in [0.15, 0.2) is 50.3 Å². The molecule has 4 amide bonds. The average molecular weight is 1480 g/mol. The maximum absolute atomic E-state index is 13.0. The topological polar surface area (TPSA) is 700 Å². The Balaban J connectivity index is 0.981. The molecular weight excluding hydrogens is 1380 g/mol. The molecule has 0 aliphatic carbocycles. The Kier molecular flexibility index (Phi) is 29.9. The van der Waals surface area contributed by atoms with Crippen molar-refractivity contribution in [2.24, 2.45) is 0 Å². The molecule has 0 aromatic carbocycles. The van der Waals surface area contributed by atoms with Crippen LogP contribution in [0.3, 0.4) is 0 Å². The van der Waals surface area contributed by atoms with Crippen LogP contribution in [0.5, 0.6) is 0 Å². The van der Waals surface area contributed by atoms with E-state index in [4.69, 9.17) is 71.1 Å². The Morgan fingerprint density at radius 1 is 0.238 bits per heavy atom. The molecule has 101 heavy (non-hydrogen) atoms. The Labute approximate surface area is 572 Å². The molecule has 0 aromatic heterocycles. The fourth-order valence-electron chi connectivity index (χ4n) is 13.1. The predicted octanol–water partition coefficient (Wildman–Crippen LogP) is -17.9. The molecule has 26 N–H and O–H groups in total. The Morgan fingerprint density at radius 2 is 0.436 bits per heavy atom. The Morgan fingerprint density at radius 3 is 0.693 bits per heavy atom. The molecule has 45 heteroatoms. The summed E-state index contributed by atoms with van der Waals surface area (Å²) >= 11 is 0. The van der Waals surface area contributed by atoms with E-state index in [0.717, 1.165) is 27.7 Å². The van der Waals surface area contributed by atoms with Gasteiger partial charge in [0.05, 0.1) is 52.9 Å². The van der Waals surface area contributed by atoms with Crippen LogP contribution in [0.1, 0.15) is 27.7 Å². The number of hydrogen-bond donors (Lipinski definition) is 26. The zero-order chi connectivity index (χ0) is 74.5. The molecule has 8 saturated heterocycles. The minimum absolute atomic E-state index is 0.754. The largest absolute Gasteiger partial charge is 0.394 e. The summed E-state index contributed by atoms with van der Waals surface area (Å²) in [6.45, 7) is -4.36. The minimum Gasteiger partial charge on any atom is -0.394 e. The Bertz CT molecular complexity index is 2630. The monoisotopic (exact) mass is 1480 g/mol. The van der Waals surface area contributed by atoms with Crippen LogP contribution in [0.2, 0.25) is 0 Å². The SMILES string of the molecule is CC(=O)N[C@@H]1[C@@H](O[C@@H]2O[C@H](CO)[C@H](O[C@H]3O[C@H](CO)[C@H](O)[C@H](O[C@@H]4O[C@H](CO)[C@H](O[C@H]5O[C@H](CO)[C@H](O)[C@H](O[C@@H]6O[C@H](CO)[C@H](O[C@H]7O[C@H](CO)[C@H](O)[C@H](O[C@@H]8O[C@H](CO)[C@H](O)[C@H](O)[C@H]8O)[C@H]7NC(C)=O)[C@H](O)[C@H]6O)[C@H]5NC(C)=O)[C@H](O)[C@H]4O)[C@H]3NC(C)=O)[C@H](O)[C@H]2O)[C@@H](O)[C@@H](CO)O[C@@H]1O. The van der Waals surface area contributed by atoms with Crippen molar-refractivity contribution in [3.8, 4) is 0 Å². The summed E-state index contributed by atoms with van der Waals surface area (Å²) in [5, 5.41) is 251. The van der Waals surface area contributed by atoms with E-state index in [-0.39, 0.29) is 0 Å². The summed E-state index contributed by atoms with van der Waals surface area (Å²) in [5.41, 5.74) is 0. The number of aliphatic hydroxyl groups excluding tert-OH is 22. The summed E-state index contributed by atoms with van der Waals surface area (Å²) in [6, 6.07) is -7.05. The molecular formula is C56H94N4O41. The highest BCUT2D eigenvalue weighted by Gasteiger charge is 2.60. The van der Waals surface area contributed by atoms with E-state index in [1.165, 1.54) is 0 Å². The lowest BCUT2D eigenvalue weighted by Crippen LogP contribution is -2.71. The van der Waals surface area contributed by atoms with Crippen molar-refractivity contribution in [3.05, 3.63) is 0 Å². The first-order chi connectivity index (χ1) is 47.8. The maximum atomic E-state index is 13.0. The third-order valence-electron chi connectivity index (χ3n) is 18.3. The maximum Gasteiger partial charge on any atom is 0.217 e. The number of ether oxygens (including phenoxy) is 15. The van der Waals surface area contributed by atoms with Gasteiger partial charge >= 0.3 is 0 Å². The van der Waals surface area contributed by atoms with Crippen molar-refractivity contribution in [2.45, 2.75) is 273 Å². The first-order valence-electron chi connectivity index (χ1n) is 32.1. The quantitative estimate of drug-likeness (QED) is 0.0382. The van der Waals surface area contributed by atoms with Crippen molar-refractivity contribution < 1.29 is 203 Å². The zero-order valence-electron chi connectivity index (χ0n) is 54.3. The van der Waals surface area contributed by atoms with E-state index < -0.39 is 322 Å². The van der Waals surface area contributed by atoms with Gasteiger partial charge < -0.3 is 205 Å². The second-order valence-corrected chi connectivity index (χ2v) is 25.3. The van der Waals surface area contributed by atoms with Gasteiger partial charge in [-0.25, -0.2) is 0 Å². The van der Waals surface area contributed by atoms with Crippen molar-refractivity contribution >= 4 is 23.6 Å². The number of carbonyl (C=O) groups is 4. The fraction of sp³-hybridized carbons (Fsp3) is 0.929. The van der Waals surface area contributed by atoms with Gasteiger partial charge in [-0.2, -0.15) is 0 Å². The van der Waals surface area contributed by atoms with Crippen LogP contribution in [-0.2, 0) is 90.2 Å². The first-order valence-corrected chi connectivity index (χ1v) is 32.1. The molecule has 8 aliphatic rings. The number of amides is 4. The van der Waals surface area contributed by atoms with Gasteiger partial charge in [0.25, 0.3) is 0 Å². The molecule has 8 fully saturated rings. The van der Waals surface area contributed by atoms with E-state index in [1.54, 1.807) is 0 Å². The van der Waals surface area contributed by atoms with Crippen molar-refractivity contribution in [1.29, 1.82) is 0 Å². The molecule has 584 valence electrons. The van der Waals surface area contributed by atoms with Crippen LogP contribution in [-0.4, -0.2) is 434 Å². The number of aliphatic hydroxyl groups is 22. The van der Waals surface area contributed by atoms with Gasteiger partial charge in [-0.3, -0.25) is 19.2 Å². The first kappa shape index (κ1) is 83.0. The lowest BCUT2D eigenvalue weighted by Gasteiger charge is -2.51. The number of carbonyl (C=O) groups excluding carboxylic acids is 4. The van der Waals surface area contributed by atoms with Crippen molar-refractivity contribution in [1.82, 2.24) is 21.3 Å². The molecule has 40 atom stereocenters. The molecule has 8 heterocycles. The lowest BCUT2D eigenvalue weighted by atomic mass is 9.93. The van der Waals surface area contributed by atoms with E-state index in [1.807, 2.05) is 0 Å². The van der Waals surface area contributed by atoms with E-state index in [2.05, 4.69) is 21.3 Å². The summed E-state index contributed by atoms with van der Waals surface area (Å²) in [6.07, 6.45) is -71.2. The number of rotatable bonds is 26. The highest BCUT2D eigenvalue weighted by molar-refractivity contribution is 5.74. The molecule has 8 aliphatic heterocycles. The fourth-order valence-corrected chi connectivity index (χ4v) is 13.1. The molecule has 45 nitrogen and oxygen atoms in total. The third kappa shape index (κ3) is 18.3. The molecule has 0 bridgehead atoms. The van der Waals surface area contributed by atoms with Crippen LogP contribution in [0, 0.1) is 0 Å². The second kappa shape index (κ2) is 36.3. The van der Waals surface area contributed by atoms with Crippen LogP contribution < -0.4 is 21.3 Å². The second-order valence-electron chi connectivity index (χ2n) is 25.3. The van der Waals surface area contributed by atoms with E-state index in [0.29, 0.717) is 0 Å². The Hall–Kier alpha value is -3.60. The van der Waals surface area contributed by atoms with Crippen LogP contribution in [0.4, 0.5) is 0 Å². The zero-order valence-corrected chi connectivity index (χ0v) is 54.3. The summed E-state index contributed by atoms with van der Waals surface area (Å²) < 4.78 is 87.4. The van der Waals surface area contributed by atoms with Gasteiger partial charge in [-0.05, 0) is 0 Å². The van der Waals surface area contributed by atoms with Gasteiger partial charge in [-0.15, -0.1) is 0 Å². The molecule has 0 unspecified atom stereocenters. The van der Waals surface area contributed by atoms with Gasteiger partial charge in [0, 0.05) is 27.7 Å². The van der Waals surface area contributed by atoms with Crippen LogP contribution in [0.25, 0.3) is 0 Å². The highest BCUT2D eigenvalue weighted by atomic mass is 16.8. The van der Waals surface area contributed by atoms with Gasteiger partial charge in [-0.1, -0.05) is 0 Å². The summed E-state index contributed by atoms with van der Waals surface area (Å²) in [5.74, 6) is -3.45. The lowest BCUT2D eigenvalue weighted by molar-refractivity contribution is -0.385. The standard InChI is InChI=1S/C56H94N4O41/c1-13(69)57-25-45(30(74)18(6-62)87-49(25)86)98-54-39(83)35(79)42(22(10-66)92-54)95-51-27(59-15(3)71)47(32(76)20(8-64)89-51)100-56-41(85)37(81)44(24(12-68)94-56)97-52-28(60-16(4)72)48(33(77)21(9-65)90-52)101-55-40(84)36(80)43(23(11-67)93-55)96-50-26(58-14(2)70)46(31(75)19(7-63)88-50)99-53-38(82)34(78)29(73)17(5-61)91-53/h17-56,61-68,73-86H,5-12H2,1-4H3,(H,57,69)(H,58,70)(H,59,71)(H,60,72)/t17-,18-,19-,20-,21-,22-,23-,24-,25-,26-,27-,28-,29+,30+,31+,32+,33+,34+,35-,36-,37-,38-,39-,40-,41-,42+,43+,44+,45-,46-,47-,48-,49+,50-,51-,52-,53+,54+,55+,56+/m1/s1. The van der Waals surface area contributed by atoms with Crippen LogP contribution in [0.15, 0.2) is 0 Å². The predicted molar refractivity (Wildman–Crippen MR) is 311 cm³/mol. The van der Waals surface area contributed by atoms with E-state index in [9.17, 15) is 132 Å².